The van der Waals surface area contributed by atoms with E-state index in [1.54, 1.807) is 12.1 Å². The number of carboxylic acid groups (broad SMARTS) is 1. The van der Waals surface area contributed by atoms with Gasteiger partial charge in [-0.25, -0.2) is 0 Å². The van der Waals surface area contributed by atoms with E-state index in [-0.39, 0.29) is 17.6 Å². The van der Waals surface area contributed by atoms with E-state index >= 15 is 0 Å². The zero-order chi connectivity index (χ0) is 11.5. The molecule has 0 heterocycles. The van der Waals surface area contributed by atoms with Gasteiger partial charge >= 0.3 is 5.97 Å². The van der Waals surface area contributed by atoms with Gasteiger partial charge in [0.2, 0.25) is 0 Å². The molecule has 0 aromatic heterocycles. The van der Waals surface area contributed by atoms with Crippen LogP contribution in [0, 0.1) is 11.3 Å². The average molecular weight is 218 g/mol. The summed E-state index contributed by atoms with van der Waals surface area (Å²) < 4.78 is 0. The Labute approximate surface area is 93.7 Å². The third kappa shape index (κ3) is 0.913. The highest BCUT2D eigenvalue weighted by molar-refractivity contribution is 5.83. The van der Waals surface area contributed by atoms with Crippen LogP contribution >= 0.6 is 0 Å². The molecule has 1 aromatic rings. The Morgan fingerprint density at radius 2 is 2.31 bits per heavy atom. The molecule has 1 saturated carbocycles. The molecule has 3 atom stereocenters. The molecule has 3 heteroatoms. The molecule has 0 bridgehead atoms. The van der Waals surface area contributed by atoms with Crippen molar-refractivity contribution in [1.29, 1.82) is 0 Å². The number of hydrogen-bond acceptors (Lipinski definition) is 2. The van der Waals surface area contributed by atoms with E-state index in [1.165, 1.54) is 0 Å². The molecule has 0 amide bonds. The lowest BCUT2D eigenvalue weighted by Crippen LogP contribution is -2.20. The van der Waals surface area contributed by atoms with Crippen LogP contribution < -0.4 is 0 Å². The molecule has 0 radical (unpaired) electrons. The van der Waals surface area contributed by atoms with E-state index in [9.17, 15) is 15.0 Å². The molecular formula is C13H14O3. The van der Waals surface area contributed by atoms with E-state index in [0.29, 0.717) is 6.42 Å². The van der Waals surface area contributed by atoms with E-state index in [1.807, 2.05) is 13.0 Å². The molecule has 0 spiro atoms. The monoisotopic (exact) mass is 218 g/mol. The molecule has 0 aliphatic heterocycles. The molecule has 0 saturated heterocycles. The lowest BCUT2D eigenvalue weighted by Gasteiger charge is -2.15. The molecular weight excluding hydrogens is 204 g/mol. The number of aromatic hydroxyl groups is 1. The van der Waals surface area contributed by atoms with Gasteiger partial charge in [-0.05, 0) is 42.0 Å². The first-order chi connectivity index (χ1) is 7.61. The minimum absolute atomic E-state index is 0.172. The first-order valence-corrected chi connectivity index (χ1v) is 5.66. The SMILES string of the molecule is CC[C@]1(C(=O)O)[C@@H]2Cc3cc(O)ccc3[C@H]21. The number of benzene rings is 1. The maximum Gasteiger partial charge on any atom is 0.310 e. The van der Waals surface area contributed by atoms with Crippen molar-refractivity contribution in [2.75, 3.05) is 0 Å². The third-order valence-electron chi connectivity index (χ3n) is 4.39. The van der Waals surface area contributed by atoms with Gasteiger partial charge in [-0.3, -0.25) is 4.79 Å². The first-order valence-electron chi connectivity index (χ1n) is 5.66. The molecule has 3 rings (SSSR count). The zero-order valence-electron chi connectivity index (χ0n) is 9.10. The molecule has 84 valence electrons. The maximum absolute atomic E-state index is 11.4. The Balaban J connectivity index is 2.03. The summed E-state index contributed by atoms with van der Waals surface area (Å²) in [6.45, 7) is 1.95. The van der Waals surface area contributed by atoms with Gasteiger partial charge in [0.05, 0.1) is 5.41 Å². The Morgan fingerprint density at radius 1 is 1.56 bits per heavy atom. The number of carboxylic acids is 1. The Bertz CT molecular complexity index is 480. The first kappa shape index (κ1) is 9.70. The maximum atomic E-state index is 11.4. The van der Waals surface area contributed by atoms with E-state index < -0.39 is 11.4 Å². The fourth-order valence-corrected chi connectivity index (χ4v) is 3.55. The molecule has 2 aliphatic carbocycles. The van der Waals surface area contributed by atoms with Gasteiger partial charge < -0.3 is 10.2 Å². The van der Waals surface area contributed by atoms with Crippen molar-refractivity contribution < 1.29 is 15.0 Å². The van der Waals surface area contributed by atoms with Crippen molar-refractivity contribution >= 4 is 5.97 Å². The topological polar surface area (TPSA) is 57.5 Å². The smallest absolute Gasteiger partial charge is 0.310 e. The molecule has 3 nitrogen and oxygen atoms in total. The van der Waals surface area contributed by atoms with Gasteiger partial charge in [0, 0.05) is 5.92 Å². The molecule has 1 fully saturated rings. The van der Waals surface area contributed by atoms with Crippen LogP contribution in [0.2, 0.25) is 0 Å². The van der Waals surface area contributed by atoms with Crippen LogP contribution in [-0.4, -0.2) is 16.2 Å². The Kier molecular flexibility index (Phi) is 1.69. The van der Waals surface area contributed by atoms with Crippen molar-refractivity contribution in [3.8, 4) is 5.75 Å². The van der Waals surface area contributed by atoms with Crippen LogP contribution in [0.15, 0.2) is 18.2 Å². The molecule has 2 aliphatic rings. The normalized spacial score (nSPS) is 34.3. The van der Waals surface area contributed by atoms with Crippen LogP contribution in [-0.2, 0) is 11.2 Å². The summed E-state index contributed by atoms with van der Waals surface area (Å²) in [6.07, 6.45) is 1.49. The lowest BCUT2D eigenvalue weighted by molar-refractivity contribution is -0.144. The van der Waals surface area contributed by atoms with Gasteiger partial charge in [-0.15, -0.1) is 0 Å². The van der Waals surface area contributed by atoms with Crippen molar-refractivity contribution in [2.24, 2.45) is 11.3 Å². The molecule has 2 N–H and O–H groups in total. The van der Waals surface area contributed by atoms with Crippen LogP contribution in [0.1, 0.15) is 30.4 Å². The largest absolute Gasteiger partial charge is 0.508 e. The van der Waals surface area contributed by atoms with E-state index in [0.717, 1.165) is 17.5 Å². The Morgan fingerprint density at radius 3 is 2.94 bits per heavy atom. The van der Waals surface area contributed by atoms with Crippen LogP contribution in [0.4, 0.5) is 0 Å². The summed E-state index contributed by atoms with van der Waals surface area (Å²) in [4.78, 5) is 11.4. The number of phenolic OH excluding ortho intramolecular Hbond substituents is 1. The second-order valence-electron chi connectivity index (χ2n) is 4.87. The summed E-state index contributed by atoms with van der Waals surface area (Å²) in [5.74, 6) is 0.0265. The number of rotatable bonds is 2. The summed E-state index contributed by atoms with van der Waals surface area (Å²) >= 11 is 0. The van der Waals surface area contributed by atoms with Gasteiger partial charge in [0.15, 0.2) is 0 Å². The molecule has 0 unspecified atom stereocenters. The predicted octanol–water partition coefficient (Wildman–Crippen LogP) is 2.14. The highest BCUT2D eigenvalue weighted by Crippen LogP contribution is 2.72. The summed E-state index contributed by atoms with van der Waals surface area (Å²) in [6, 6.07) is 5.31. The number of hydrogen-bond donors (Lipinski definition) is 2. The van der Waals surface area contributed by atoms with E-state index in [2.05, 4.69) is 0 Å². The second kappa shape index (κ2) is 2.78. The van der Waals surface area contributed by atoms with Gasteiger partial charge in [0.25, 0.3) is 0 Å². The molecule has 16 heavy (non-hydrogen) atoms. The standard InChI is InChI=1S/C13H14O3/c1-2-13(12(15)16)10-6-7-5-8(14)3-4-9(7)11(10)13/h3-5,10-11,14H,2,6H2,1H3,(H,15,16)/t10-,11-,13+/m1/s1. The van der Waals surface area contributed by atoms with Gasteiger partial charge in [0.1, 0.15) is 5.75 Å². The van der Waals surface area contributed by atoms with Crippen molar-refractivity contribution in [1.82, 2.24) is 0 Å². The van der Waals surface area contributed by atoms with Gasteiger partial charge in [-0.1, -0.05) is 13.0 Å². The quantitative estimate of drug-likeness (QED) is 0.799. The summed E-state index contributed by atoms with van der Waals surface area (Å²) in [7, 11) is 0. The third-order valence-corrected chi connectivity index (χ3v) is 4.39. The highest BCUT2D eigenvalue weighted by atomic mass is 16.4. The van der Waals surface area contributed by atoms with Crippen molar-refractivity contribution in [3.05, 3.63) is 29.3 Å². The second-order valence-corrected chi connectivity index (χ2v) is 4.87. The van der Waals surface area contributed by atoms with Crippen LogP contribution in [0.5, 0.6) is 5.75 Å². The summed E-state index contributed by atoms with van der Waals surface area (Å²) in [5, 5.41) is 18.7. The van der Waals surface area contributed by atoms with Crippen molar-refractivity contribution in [3.63, 3.8) is 0 Å². The fourth-order valence-electron chi connectivity index (χ4n) is 3.55. The zero-order valence-corrected chi connectivity index (χ0v) is 9.10. The average Bonchev–Trinajstić information content (AvgIpc) is 2.73. The minimum atomic E-state index is -0.663. The highest BCUT2D eigenvalue weighted by Gasteiger charge is 2.71. The number of fused-ring (bicyclic) bond motifs is 3. The molecule has 1 aromatic carbocycles. The number of carbonyl (C=O) groups is 1. The number of aliphatic carboxylic acids is 1. The lowest BCUT2D eigenvalue weighted by atomic mass is 9.89. The van der Waals surface area contributed by atoms with Gasteiger partial charge in [-0.2, -0.15) is 0 Å². The van der Waals surface area contributed by atoms with Crippen LogP contribution in [0.25, 0.3) is 0 Å². The Hall–Kier alpha value is -1.51. The predicted molar refractivity (Wildman–Crippen MR) is 58.4 cm³/mol. The number of phenols is 1. The fraction of sp³-hybridized carbons (Fsp3) is 0.462. The van der Waals surface area contributed by atoms with Crippen molar-refractivity contribution in [2.45, 2.75) is 25.7 Å². The summed E-state index contributed by atoms with van der Waals surface area (Å²) in [5.41, 5.74) is 1.73. The minimum Gasteiger partial charge on any atom is -0.508 e. The van der Waals surface area contributed by atoms with Crippen LogP contribution in [0.3, 0.4) is 0 Å². The van der Waals surface area contributed by atoms with E-state index in [4.69, 9.17) is 0 Å².